The van der Waals surface area contributed by atoms with Crippen molar-refractivity contribution < 1.29 is 19.1 Å². The number of aliphatic hydroxyl groups excluding tert-OH is 1. The molecule has 1 aliphatic heterocycles. The Bertz CT molecular complexity index is 1680. The molecule has 6 nitrogen and oxygen atoms in total. The molecule has 2 aromatic heterocycles. The van der Waals surface area contributed by atoms with E-state index in [4.69, 9.17) is 4.42 Å². The first-order valence-electron chi connectivity index (χ1n) is 11.1. The summed E-state index contributed by atoms with van der Waals surface area (Å²) in [5.74, 6) is -1.69. The van der Waals surface area contributed by atoms with Gasteiger partial charge in [-0.1, -0.05) is 51.8 Å². The molecule has 0 fully saturated rings. The quantitative estimate of drug-likeness (QED) is 0.253. The average molecular weight is 527 g/mol. The number of nitrogens with zero attached hydrogens (tertiary/aromatic N) is 1. The summed E-state index contributed by atoms with van der Waals surface area (Å²) in [6, 6.07) is 21.3. The minimum atomic E-state index is -0.839. The Morgan fingerprint density at radius 3 is 2.63 bits per heavy atom. The van der Waals surface area contributed by atoms with Crippen molar-refractivity contribution in [2.45, 2.75) is 13.0 Å². The van der Waals surface area contributed by atoms with Gasteiger partial charge in [0.2, 0.25) is 5.78 Å². The van der Waals surface area contributed by atoms with Crippen LogP contribution in [0, 0.1) is 6.92 Å². The van der Waals surface area contributed by atoms with Gasteiger partial charge in [0.15, 0.2) is 11.5 Å². The van der Waals surface area contributed by atoms with E-state index in [9.17, 15) is 14.7 Å². The number of H-pyrrole nitrogens is 1. The minimum Gasteiger partial charge on any atom is -0.503 e. The number of amides is 1. The predicted molar refractivity (Wildman–Crippen MR) is 138 cm³/mol. The summed E-state index contributed by atoms with van der Waals surface area (Å²) in [5.41, 5.74) is 3.72. The van der Waals surface area contributed by atoms with Crippen molar-refractivity contribution in [1.29, 1.82) is 0 Å². The van der Waals surface area contributed by atoms with E-state index >= 15 is 0 Å². The number of hydrogen-bond donors (Lipinski definition) is 2. The standard InChI is InChI=1S/C28H19BrN2O4/c1-15-6-9-18(10-7-15)31-25(20-14-30-21-5-3-2-4-19(20)21)24(27(33)28(31)34)26(32)23-13-16-12-17(29)8-11-22(16)35-23/h2-14,25,30,33H,1H3. The van der Waals surface area contributed by atoms with Crippen molar-refractivity contribution in [3.8, 4) is 0 Å². The number of furan rings is 1. The molecule has 0 bridgehead atoms. The van der Waals surface area contributed by atoms with Gasteiger partial charge in [0.05, 0.1) is 11.6 Å². The molecule has 0 spiro atoms. The van der Waals surface area contributed by atoms with E-state index in [0.29, 0.717) is 16.8 Å². The number of aliphatic hydroxyl groups is 1. The molecule has 0 aliphatic carbocycles. The van der Waals surface area contributed by atoms with Crippen LogP contribution < -0.4 is 4.90 Å². The van der Waals surface area contributed by atoms with Crippen LogP contribution in [-0.4, -0.2) is 21.8 Å². The van der Waals surface area contributed by atoms with E-state index in [1.54, 1.807) is 18.3 Å². The van der Waals surface area contributed by atoms with Crippen LogP contribution in [0.3, 0.4) is 0 Å². The number of fused-ring (bicyclic) bond motifs is 2. The molecule has 0 saturated heterocycles. The summed E-state index contributed by atoms with van der Waals surface area (Å²) in [7, 11) is 0. The highest BCUT2D eigenvalue weighted by molar-refractivity contribution is 9.10. The molecule has 3 aromatic carbocycles. The van der Waals surface area contributed by atoms with Crippen LogP contribution in [0.15, 0.2) is 99.2 Å². The molecule has 1 unspecified atom stereocenters. The van der Waals surface area contributed by atoms with E-state index in [2.05, 4.69) is 20.9 Å². The lowest BCUT2D eigenvalue weighted by Gasteiger charge is -2.26. The largest absolute Gasteiger partial charge is 0.503 e. The lowest BCUT2D eigenvalue weighted by molar-refractivity contribution is -0.117. The summed E-state index contributed by atoms with van der Waals surface area (Å²) in [6.45, 7) is 1.96. The number of rotatable bonds is 4. The van der Waals surface area contributed by atoms with Gasteiger partial charge in [-0.2, -0.15) is 0 Å². The second-order valence-electron chi connectivity index (χ2n) is 8.59. The van der Waals surface area contributed by atoms with Gasteiger partial charge in [-0.3, -0.25) is 14.5 Å². The second-order valence-corrected chi connectivity index (χ2v) is 9.50. The maximum atomic E-state index is 13.8. The number of aromatic nitrogens is 1. The Morgan fingerprint density at radius 2 is 1.83 bits per heavy atom. The number of halogens is 1. The highest BCUT2D eigenvalue weighted by Crippen LogP contribution is 2.44. The molecular weight excluding hydrogens is 508 g/mol. The van der Waals surface area contributed by atoms with Crippen molar-refractivity contribution >= 4 is 55.2 Å². The van der Waals surface area contributed by atoms with Gasteiger partial charge in [0.1, 0.15) is 5.58 Å². The number of hydrogen-bond acceptors (Lipinski definition) is 4. The number of aromatic amines is 1. The number of aryl methyl sites for hydroxylation is 1. The molecule has 3 heterocycles. The fourth-order valence-electron chi connectivity index (χ4n) is 4.68. The van der Waals surface area contributed by atoms with Crippen molar-refractivity contribution in [3.63, 3.8) is 0 Å². The number of carbonyl (C=O) groups is 2. The van der Waals surface area contributed by atoms with Crippen LogP contribution in [0.5, 0.6) is 0 Å². The van der Waals surface area contributed by atoms with Crippen LogP contribution in [0.25, 0.3) is 21.9 Å². The lowest BCUT2D eigenvalue weighted by atomic mass is 9.94. The maximum Gasteiger partial charge on any atom is 0.294 e. The van der Waals surface area contributed by atoms with Crippen LogP contribution in [0.2, 0.25) is 0 Å². The number of anilines is 1. The molecule has 1 amide bonds. The van der Waals surface area contributed by atoms with Gasteiger partial charge in [0.25, 0.3) is 5.91 Å². The van der Waals surface area contributed by atoms with Gasteiger partial charge < -0.3 is 14.5 Å². The molecule has 1 aliphatic rings. The summed E-state index contributed by atoms with van der Waals surface area (Å²) in [5, 5.41) is 12.6. The van der Waals surface area contributed by atoms with Gasteiger partial charge in [-0.25, -0.2) is 0 Å². The molecule has 172 valence electrons. The molecule has 1 atom stereocenters. The zero-order valence-electron chi connectivity index (χ0n) is 18.6. The molecular formula is C28H19BrN2O4. The van der Waals surface area contributed by atoms with Crippen molar-refractivity contribution in [2.75, 3.05) is 4.90 Å². The SMILES string of the molecule is Cc1ccc(N2C(=O)C(O)=C(C(=O)c3cc4cc(Br)ccc4o3)C2c2c[nH]c3ccccc23)cc1. The molecule has 2 N–H and O–H groups in total. The van der Waals surface area contributed by atoms with Gasteiger partial charge in [-0.15, -0.1) is 0 Å². The monoisotopic (exact) mass is 526 g/mol. The van der Waals surface area contributed by atoms with Gasteiger partial charge in [-0.05, 0) is 49.4 Å². The minimum absolute atomic E-state index is 0.0153. The van der Waals surface area contributed by atoms with E-state index in [1.165, 1.54) is 4.90 Å². The number of ketones is 1. The average Bonchev–Trinajstić information content (AvgIpc) is 3.54. The van der Waals surface area contributed by atoms with Crippen LogP contribution in [0.4, 0.5) is 5.69 Å². The molecule has 7 heteroatoms. The second kappa shape index (κ2) is 7.99. The van der Waals surface area contributed by atoms with Gasteiger partial charge >= 0.3 is 0 Å². The van der Waals surface area contributed by atoms with Crippen molar-refractivity contribution in [2.24, 2.45) is 0 Å². The third kappa shape index (κ3) is 3.39. The van der Waals surface area contributed by atoms with Crippen LogP contribution in [-0.2, 0) is 4.79 Å². The first-order valence-corrected chi connectivity index (χ1v) is 11.8. The molecule has 6 rings (SSSR count). The van der Waals surface area contributed by atoms with Crippen molar-refractivity contribution in [3.05, 3.63) is 112 Å². The number of nitrogens with one attached hydrogen (secondary N) is 1. The topological polar surface area (TPSA) is 86.5 Å². The summed E-state index contributed by atoms with van der Waals surface area (Å²) in [4.78, 5) is 31.9. The summed E-state index contributed by atoms with van der Waals surface area (Å²) >= 11 is 3.43. The Labute approximate surface area is 208 Å². The zero-order valence-corrected chi connectivity index (χ0v) is 20.2. The summed E-state index contributed by atoms with van der Waals surface area (Å²) in [6.07, 6.45) is 1.78. The zero-order chi connectivity index (χ0) is 24.3. The third-order valence-electron chi connectivity index (χ3n) is 6.38. The lowest BCUT2D eigenvalue weighted by Crippen LogP contribution is -2.30. The van der Waals surface area contributed by atoms with Crippen molar-refractivity contribution in [1.82, 2.24) is 4.98 Å². The maximum absolute atomic E-state index is 13.8. The first kappa shape index (κ1) is 21.4. The Hall–Kier alpha value is -4.10. The highest BCUT2D eigenvalue weighted by Gasteiger charge is 2.46. The smallest absolute Gasteiger partial charge is 0.294 e. The van der Waals surface area contributed by atoms with Crippen LogP contribution in [0.1, 0.15) is 27.7 Å². The Balaban J connectivity index is 1.54. The molecule has 0 radical (unpaired) electrons. The fourth-order valence-corrected chi connectivity index (χ4v) is 5.06. The van der Waals surface area contributed by atoms with E-state index in [-0.39, 0.29) is 11.3 Å². The number of benzene rings is 3. The highest BCUT2D eigenvalue weighted by atomic mass is 79.9. The van der Waals surface area contributed by atoms with E-state index in [1.807, 2.05) is 67.6 Å². The Kier molecular flexibility index (Phi) is 4.89. The van der Waals surface area contributed by atoms with Crippen LogP contribution >= 0.6 is 15.9 Å². The summed E-state index contributed by atoms with van der Waals surface area (Å²) < 4.78 is 6.69. The Morgan fingerprint density at radius 1 is 1.06 bits per heavy atom. The van der Waals surface area contributed by atoms with E-state index in [0.717, 1.165) is 26.3 Å². The first-order chi connectivity index (χ1) is 16.9. The fraction of sp³-hybridized carbons (Fsp3) is 0.0714. The molecule has 5 aromatic rings. The normalized spacial score (nSPS) is 16.1. The van der Waals surface area contributed by atoms with E-state index < -0.39 is 23.5 Å². The molecule has 0 saturated carbocycles. The predicted octanol–water partition coefficient (Wildman–Crippen LogP) is 6.77. The number of para-hydroxylation sites is 1. The van der Waals surface area contributed by atoms with Gasteiger partial charge in [0, 0.05) is 38.2 Å². The number of Topliss-reactive ketones (excluding diaryl/α,β-unsaturated/α-hetero) is 1. The number of carbonyl (C=O) groups excluding carboxylic acids is 2. The third-order valence-corrected chi connectivity index (χ3v) is 6.88. The molecule has 35 heavy (non-hydrogen) atoms.